The Kier molecular flexibility index (Phi) is 6.32. The van der Waals surface area contributed by atoms with Crippen molar-refractivity contribution in [2.75, 3.05) is 7.11 Å². The first-order valence-electron chi connectivity index (χ1n) is 11.9. The summed E-state index contributed by atoms with van der Waals surface area (Å²) in [5, 5.41) is 4.64. The minimum absolute atomic E-state index is 0.108. The SMILES string of the molecule is COc1cc(/C=C/c2nc3n(n2)CCC[C@H]3c2cc(C)c(F)c(F)c2)ccc1CC1C=NC(C)=C1. The van der Waals surface area contributed by atoms with Crippen LogP contribution in [0.15, 0.2) is 47.1 Å². The van der Waals surface area contributed by atoms with Crippen LogP contribution < -0.4 is 4.74 Å². The largest absolute Gasteiger partial charge is 0.496 e. The molecule has 0 amide bonds. The fraction of sp³-hybridized carbons (Fsp3) is 0.321. The predicted molar refractivity (Wildman–Crippen MR) is 134 cm³/mol. The number of fused-ring (bicyclic) bond motifs is 1. The van der Waals surface area contributed by atoms with Gasteiger partial charge in [-0.05, 0) is 73.6 Å². The summed E-state index contributed by atoms with van der Waals surface area (Å²) >= 11 is 0. The number of methoxy groups -OCH3 is 1. The van der Waals surface area contributed by atoms with Crippen LogP contribution in [0, 0.1) is 24.5 Å². The van der Waals surface area contributed by atoms with E-state index in [9.17, 15) is 8.78 Å². The zero-order valence-electron chi connectivity index (χ0n) is 20.1. The van der Waals surface area contributed by atoms with Crippen molar-refractivity contribution >= 4 is 18.4 Å². The van der Waals surface area contributed by atoms with Gasteiger partial charge in [0.15, 0.2) is 17.5 Å². The fourth-order valence-electron chi connectivity index (χ4n) is 4.89. The van der Waals surface area contributed by atoms with E-state index in [0.29, 0.717) is 11.4 Å². The summed E-state index contributed by atoms with van der Waals surface area (Å²) in [5.41, 5.74) is 4.21. The lowest BCUT2D eigenvalue weighted by Gasteiger charge is -2.22. The van der Waals surface area contributed by atoms with E-state index < -0.39 is 11.6 Å². The second-order valence-corrected chi connectivity index (χ2v) is 9.24. The Morgan fingerprint density at radius 1 is 1.14 bits per heavy atom. The molecule has 2 aliphatic heterocycles. The number of hydrogen-bond donors (Lipinski definition) is 0. The van der Waals surface area contributed by atoms with Gasteiger partial charge in [0, 0.05) is 30.3 Å². The number of allylic oxidation sites excluding steroid dienone is 2. The highest BCUT2D eigenvalue weighted by atomic mass is 19.2. The number of aryl methyl sites for hydroxylation is 2. The van der Waals surface area contributed by atoms with E-state index in [4.69, 9.17) is 9.72 Å². The van der Waals surface area contributed by atoms with Crippen molar-refractivity contribution in [2.24, 2.45) is 10.9 Å². The maximum absolute atomic E-state index is 14.1. The van der Waals surface area contributed by atoms with Crippen molar-refractivity contribution in [3.63, 3.8) is 0 Å². The van der Waals surface area contributed by atoms with Gasteiger partial charge in [0.25, 0.3) is 0 Å². The second-order valence-electron chi connectivity index (χ2n) is 9.24. The predicted octanol–water partition coefficient (Wildman–Crippen LogP) is 6.12. The van der Waals surface area contributed by atoms with Crippen molar-refractivity contribution < 1.29 is 13.5 Å². The molecule has 3 heterocycles. The Morgan fingerprint density at radius 3 is 2.74 bits per heavy atom. The van der Waals surface area contributed by atoms with Gasteiger partial charge in [-0.15, -0.1) is 0 Å². The lowest BCUT2D eigenvalue weighted by atomic mass is 9.90. The highest BCUT2D eigenvalue weighted by Gasteiger charge is 2.26. The molecule has 3 aromatic rings. The molecule has 2 aliphatic rings. The Labute approximate surface area is 203 Å². The summed E-state index contributed by atoms with van der Waals surface area (Å²) in [7, 11) is 1.68. The van der Waals surface area contributed by atoms with Crippen molar-refractivity contribution in [1.29, 1.82) is 0 Å². The minimum atomic E-state index is -0.819. The molecular formula is C28H28F2N4O. The molecule has 0 saturated carbocycles. The monoisotopic (exact) mass is 474 g/mol. The van der Waals surface area contributed by atoms with Gasteiger partial charge in [0.1, 0.15) is 11.6 Å². The smallest absolute Gasteiger partial charge is 0.174 e. The molecule has 0 aliphatic carbocycles. The topological polar surface area (TPSA) is 52.3 Å². The molecule has 5 rings (SSSR count). The molecule has 5 nitrogen and oxygen atoms in total. The first-order chi connectivity index (χ1) is 16.9. The molecule has 7 heteroatoms. The summed E-state index contributed by atoms with van der Waals surface area (Å²) in [6.07, 6.45) is 10.5. The first-order valence-corrected chi connectivity index (χ1v) is 11.9. The van der Waals surface area contributed by atoms with Crippen molar-refractivity contribution in [1.82, 2.24) is 14.8 Å². The number of nitrogens with zero attached hydrogens (tertiary/aromatic N) is 4. The normalized spacial score (nSPS) is 19.3. The van der Waals surface area contributed by atoms with Gasteiger partial charge in [0.2, 0.25) is 0 Å². The molecule has 0 radical (unpaired) electrons. The lowest BCUT2D eigenvalue weighted by molar-refractivity contribution is 0.409. The molecule has 0 N–H and O–H groups in total. The molecule has 0 spiro atoms. The number of benzene rings is 2. The molecule has 2 atom stereocenters. The average Bonchev–Trinajstić information content (AvgIpc) is 3.46. The van der Waals surface area contributed by atoms with Gasteiger partial charge in [-0.25, -0.2) is 18.4 Å². The summed E-state index contributed by atoms with van der Waals surface area (Å²) in [5.74, 6) is 0.790. The third-order valence-electron chi connectivity index (χ3n) is 6.64. The fourth-order valence-corrected chi connectivity index (χ4v) is 4.89. The van der Waals surface area contributed by atoms with E-state index in [0.717, 1.165) is 59.8 Å². The Morgan fingerprint density at radius 2 is 2.00 bits per heavy atom. The highest BCUT2D eigenvalue weighted by molar-refractivity contribution is 5.70. The van der Waals surface area contributed by atoms with E-state index >= 15 is 0 Å². The molecule has 180 valence electrons. The summed E-state index contributed by atoms with van der Waals surface area (Å²) in [4.78, 5) is 9.08. The number of rotatable bonds is 6. The molecule has 2 aromatic carbocycles. The van der Waals surface area contributed by atoms with Crippen LogP contribution in [0.25, 0.3) is 12.2 Å². The van der Waals surface area contributed by atoms with E-state index in [1.807, 2.05) is 36.0 Å². The van der Waals surface area contributed by atoms with E-state index in [2.05, 4.69) is 28.3 Å². The molecule has 0 saturated heterocycles. The molecule has 0 bridgehead atoms. The molecule has 1 aromatic heterocycles. The van der Waals surface area contributed by atoms with Gasteiger partial charge in [-0.3, -0.25) is 4.99 Å². The maximum atomic E-state index is 14.1. The van der Waals surface area contributed by atoms with E-state index in [1.54, 1.807) is 20.1 Å². The van der Waals surface area contributed by atoms with E-state index in [-0.39, 0.29) is 11.8 Å². The van der Waals surface area contributed by atoms with Crippen LogP contribution in [0.2, 0.25) is 0 Å². The van der Waals surface area contributed by atoms with Crippen molar-refractivity contribution in [3.05, 3.63) is 87.6 Å². The van der Waals surface area contributed by atoms with Crippen LogP contribution >= 0.6 is 0 Å². The van der Waals surface area contributed by atoms with Gasteiger partial charge < -0.3 is 4.74 Å². The summed E-state index contributed by atoms with van der Waals surface area (Å²) in [6, 6.07) is 9.15. The zero-order valence-corrected chi connectivity index (χ0v) is 20.1. The quantitative estimate of drug-likeness (QED) is 0.433. The average molecular weight is 475 g/mol. The van der Waals surface area contributed by atoms with Crippen molar-refractivity contribution in [3.8, 4) is 5.75 Å². The maximum Gasteiger partial charge on any atom is 0.174 e. The Hall–Kier alpha value is -3.61. The third-order valence-corrected chi connectivity index (χ3v) is 6.64. The van der Waals surface area contributed by atoms with Gasteiger partial charge in [-0.2, -0.15) is 5.10 Å². The lowest BCUT2D eigenvalue weighted by Crippen LogP contribution is -2.18. The number of ether oxygens (including phenoxy) is 1. The number of hydrogen-bond acceptors (Lipinski definition) is 4. The standard InChI is InChI=1S/C28H28F2N4O/c1-17-11-22(15-24(29)27(17)30)23-5-4-10-34-28(23)32-26(33-34)9-7-19-6-8-21(25(14-19)35-3)13-20-12-18(2)31-16-20/h6-9,11-12,14-16,20,23H,4-5,10,13H2,1-3H3/b9-7+/t20?,23-/m0/s1. The molecule has 35 heavy (non-hydrogen) atoms. The summed E-state index contributed by atoms with van der Waals surface area (Å²) in [6.45, 7) is 4.35. The third kappa shape index (κ3) is 4.81. The zero-order chi connectivity index (χ0) is 24.5. The van der Waals surface area contributed by atoms with Crippen LogP contribution in [-0.2, 0) is 13.0 Å². The number of halogens is 2. The number of aliphatic imine (C=N–C) groups is 1. The van der Waals surface area contributed by atoms with Gasteiger partial charge in [0.05, 0.1) is 7.11 Å². The highest BCUT2D eigenvalue weighted by Crippen LogP contribution is 2.34. The van der Waals surface area contributed by atoms with Crippen LogP contribution in [-0.4, -0.2) is 28.1 Å². The molecule has 0 fully saturated rings. The van der Waals surface area contributed by atoms with Crippen LogP contribution in [0.4, 0.5) is 8.78 Å². The minimum Gasteiger partial charge on any atom is -0.496 e. The van der Waals surface area contributed by atoms with Crippen molar-refractivity contribution in [2.45, 2.75) is 45.6 Å². The van der Waals surface area contributed by atoms with Gasteiger partial charge >= 0.3 is 0 Å². The van der Waals surface area contributed by atoms with Crippen LogP contribution in [0.5, 0.6) is 5.75 Å². The van der Waals surface area contributed by atoms with Gasteiger partial charge in [-0.1, -0.05) is 30.4 Å². The van der Waals surface area contributed by atoms with Crippen LogP contribution in [0.3, 0.4) is 0 Å². The van der Waals surface area contributed by atoms with Crippen LogP contribution in [0.1, 0.15) is 59.6 Å². The number of aromatic nitrogens is 3. The first kappa shape index (κ1) is 23.1. The molecular weight excluding hydrogens is 446 g/mol. The Balaban J connectivity index is 1.36. The summed E-state index contributed by atoms with van der Waals surface area (Å²) < 4.78 is 35.4. The Bertz CT molecular complexity index is 1330. The second kappa shape index (κ2) is 9.56. The molecule has 1 unspecified atom stereocenters. The van der Waals surface area contributed by atoms with E-state index in [1.165, 1.54) is 6.07 Å².